The minimum atomic E-state index is 0.530. The Morgan fingerprint density at radius 2 is 2.36 bits per heavy atom. The zero-order valence-electron chi connectivity index (χ0n) is 13.5. The molecular weight excluding hydrogens is 278 g/mol. The van der Waals surface area contributed by atoms with Crippen molar-refractivity contribution in [1.82, 2.24) is 24.8 Å². The fourth-order valence-corrected chi connectivity index (χ4v) is 2.96. The van der Waals surface area contributed by atoms with E-state index in [0.717, 1.165) is 56.3 Å². The standard InChI is InChI=1S/C16H25N5O/c1-3-22-10-9-21-15(12-20-8-7-17-11-13(20)2)19-14-5-4-6-18-16(14)21/h4-6,13,17H,3,7-12H2,1-2H3. The van der Waals surface area contributed by atoms with Crippen LogP contribution in [-0.4, -0.2) is 58.3 Å². The van der Waals surface area contributed by atoms with Gasteiger partial charge in [0.1, 0.15) is 11.3 Å². The Labute approximate surface area is 131 Å². The molecule has 0 aliphatic carbocycles. The van der Waals surface area contributed by atoms with Crippen LogP contribution in [0.4, 0.5) is 0 Å². The summed E-state index contributed by atoms with van der Waals surface area (Å²) in [6.45, 7) is 10.5. The highest BCUT2D eigenvalue weighted by Gasteiger charge is 2.21. The van der Waals surface area contributed by atoms with Gasteiger partial charge < -0.3 is 14.6 Å². The van der Waals surface area contributed by atoms with Gasteiger partial charge in [-0.15, -0.1) is 0 Å². The van der Waals surface area contributed by atoms with E-state index in [2.05, 4.69) is 26.7 Å². The molecule has 3 heterocycles. The first-order chi connectivity index (χ1) is 10.8. The largest absolute Gasteiger partial charge is 0.380 e. The normalized spacial score (nSPS) is 19.8. The van der Waals surface area contributed by atoms with Crippen LogP contribution < -0.4 is 5.32 Å². The number of nitrogens with zero attached hydrogens (tertiary/aromatic N) is 4. The molecule has 22 heavy (non-hydrogen) atoms. The van der Waals surface area contributed by atoms with Crippen LogP contribution in [0.25, 0.3) is 11.2 Å². The second-order valence-corrected chi connectivity index (χ2v) is 5.75. The minimum absolute atomic E-state index is 0.530. The molecule has 0 saturated carbocycles. The highest BCUT2D eigenvalue weighted by molar-refractivity contribution is 5.71. The SMILES string of the molecule is CCOCCn1c(CN2CCNCC2C)nc2cccnc21. The molecule has 2 aromatic rings. The second-order valence-electron chi connectivity index (χ2n) is 5.75. The zero-order chi connectivity index (χ0) is 15.4. The van der Waals surface area contributed by atoms with Crippen LogP contribution >= 0.6 is 0 Å². The molecule has 6 heteroatoms. The highest BCUT2D eigenvalue weighted by Crippen LogP contribution is 2.16. The first-order valence-corrected chi connectivity index (χ1v) is 8.12. The van der Waals surface area contributed by atoms with E-state index in [0.29, 0.717) is 12.6 Å². The van der Waals surface area contributed by atoms with Gasteiger partial charge in [-0.1, -0.05) is 0 Å². The Morgan fingerprint density at radius 1 is 1.45 bits per heavy atom. The fourth-order valence-electron chi connectivity index (χ4n) is 2.96. The van der Waals surface area contributed by atoms with E-state index in [-0.39, 0.29) is 0 Å². The number of fused-ring (bicyclic) bond motifs is 1. The first kappa shape index (κ1) is 15.4. The van der Waals surface area contributed by atoms with Gasteiger partial charge in [-0.2, -0.15) is 0 Å². The van der Waals surface area contributed by atoms with Crippen LogP contribution in [0, 0.1) is 0 Å². The van der Waals surface area contributed by atoms with Crippen LogP contribution in [0.1, 0.15) is 19.7 Å². The molecule has 1 N–H and O–H groups in total. The van der Waals surface area contributed by atoms with Gasteiger partial charge in [0.05, 0.1) is 13.2 Å². The molecule has 0 radical (unpaired) electrons. The summed E-state index contributed by atoms with van der Waals surface area (Å²) in [7, 11) is 0. The Kier molecular flexibility index (Phi) is 5.02. The van der Waals surface area contributed by atoms with Gasteiger partial charge >= 0.3 is 0 Å². The van der Waals surface area contributed by atoms with Crippen LogP contribution in [0.2, 0.25) is 0 Å². The van der Waals surface area contributed by atoms with Gasteiger partial charge in [0, 0.05) is 45.0 Å². The lowest BCUT2D eigenvalue weighted by Gasteiger charge is -2.33. The van der Waals surface area contributed by atoms with E-state index < -0.39 is 0 Å². The molecule has 0 spiro atoms. The number of imidazole rings is 1. The lowest BCUT2D eigenvalue weighted by Crippen LogP contribution is -2.49. The van der Waals surface area contributed by atoms with Crippen molar-refractivity contribution in [3.8, 4) is 0 Å². The molecule has 1 fully saturated rings. The fraction of sp³-hybridized carbons (Fsp3) is 0.625. The van der Waals surface area contributed by atoms with Crippen molar-refractivity contribution in [2.45, 2.75) is 33.0 Å². The molecule has 1 aliphatic heterocycles. The summed E-state index contributed by atoms with van der Waals surface area (Å²) in [5, 5.41) is 3.43. The van der Waals surface area contributed by atoms with Gasteiger partial charge in [-0.05, 0) is 26.0 Å². The van der Waals surface area contributed by atoms with Gasteiger partial charge in [0.25, 0.3) is 0 Å². The third-order valence-electron chi connectivity index (χ3n) is 4.23. The van der Waals surface area contributed by atoms with Crippen molar-refractivity contribution in [3.05, 3.63) is 24.2 Å². The molecule has 120 valence electrons. The number of piperazine rings is 1. The number of hydrogen-bond acceptors (Lipinski definition) is 5. The molecule has 2 aromatic heterocycles. The minimum Gasteiger partial charge on any atom is -0.380 e. The van der Waals surface area contributed by atoms with Crippen LogP contribution in [0.3, 0.4) is 0 Å². The van der Waals surface area contributed by atoms with Crippen LogP contribution in [0.5, 0.6) is 0 Å². The van der Waals surface area contributed by atoms with E-state index in [1.165, 1.54) is 0 Å². The molecular formula is C16H25N5O. The summed E-state index contributed by atoms with van der Waals surface area (Å²) in [5.41, 5.74) is 1.93. The number of rotatable bonds is 6. The summed E-state index contributed by atoms with van der Waals surface area (Å²) in [6, 6.07) is 4.51. The van der Waals surface area contributed by atoms with E-state index in [9.17, 15) is 0 Å². The lowest BCUT2D eigenvalue weighted by atomic mass is 10.2. The van der Waals surface area contributed by atoms with E-state index in [1.54, 1.807) is 0 Å². The molecule has 1 saturated heterocycles. The summed E-state index contributed by atoms with van der Waals surface area (Å²) >= 11 is 0. The van der Waals surface area contributed by atoms with Crippen molar-refractivity contribution >= 4 is 11.2 Å². The predicted molar refractivity (Wildman–Crippen MR) is 86.8 cm³/mol. The zero-order valence-corrected chi connectivity index (χ0v) is 13.5. The predicted octanol–water partition coefficient (Wildman–Crippen LogP) is 1.26. The topological polar surface area (TPSA) is 55.2 Å². The quantitative estimate of drug-likeness (QED) is 0.814. The highest BCUT2D eigenvalue weighted by atomic mass is 16.5. The van der Waals surface area contributed by atoms with Gasteiger partial charge in [-0.3, -0.25) is 4.90 Å². The van der Waals surface area contributed by atoms with Gasteiger partial charge in [-0.25, -0.2) is 9.97 Å². The summed E-state index contributed by atoms with van der Waals surface area (Å²) in [4.78, 5) is 11.8. The molecule has 3 rings (SSSR count). The summed E-state index contributed by atoms with van der Waals surface area (Å²) in [5.74, 6) is 1.09. The van der Waals surface area contributed by atoms with Crippen molar-refractivity contribution in [2.24, 2.45) is 0 Å². The van der Waals surface area contributed by atoms with Crippen LogP contribution in [-0.2, 0) is 17.8 Å². The van der Waals surface area contributed by atoms with Gasteiger partial charge in [0.2, 0.25) is 0 Å². The Hall–Kier alpha value is -1.50. The third kappa shape index (κ3) is 3.29. The van der Waals surface area contributed by atoms with E-state index >= 15 is 0 Å². The maximum absolute atomic E-state index is 5.52. The van der Waals surface area contributed by atoms with Crippen molar-refractivity contribution < 1.29 is 4.74 Å². The second kappa shape index (κ2) is 7.17. The average Bonchev–Trinajstić information content (AvgIpc) is 2.88. The van der Waals surface area contributed by atoms with Crippen LogP contribution in [0.15, 0.2) is 18.3 Å². The smallest absolute Gasteiger partial charge is 0.160 e. The van der Waals surface area contributed by atoms with E-state index in [1.807, 2.05) is 25.3 Å². The Balaban J connectivity index is 1.84. The first-order valence-electron chi connectivity index (χ1n) is 8.12. The Morgan fingerprint density at radius 3 is 3.18 bits per heavy atom. The monoisotopic (exact) mass is 303 g/mol. The third-order valence-corrected chi connectivity index (χ3v) is 4.23. The number of aromatic nitrogens is 3. The molecule has 6 nitrogen and oxygen atoms in total. The number of pyridine rings is 1. The van der Waals surface area contributed by atoms with E-state index in [4.69, 9.17) is 9.72 Å². The molecule has 1 unspecified atom stereocenters. The molecule has 1 atom stereocenters. The summed E-state index contributed by atoms with van der Waals surface area (Å²) < 4.78 is 7.73. The maximum atomic E-state index is 5.52. The number of nitrogens with one attached hydrogen (secondary N) is 1. The summed E-state index contributed by atoms with van der Waals surface area (Å²) in [6.07, 6.45) is 1.83. The number of hydrogen-bond donors (Lipinski definition) is 1. The van der Waals surface area contributed by atoms with Crippen molar-refractivity contribution in [1.29, 1.82) is 0 Å². The van der Waals surface area contributed by atoms with Gasteiger partial charge in [0.15, 0.2) is 5.65 Å². The number of ether oxygens (including phenoxy) is 1. The van der Waals surface area contributed by atoms with Crippen molar-refractivity contribution in [2.75, 3.05) is 32.8 Å². The molecule has 0 amide bonds. The lowest BCUT2D eigenvalue weighted by molar-refractivity contribution is 0.134. The maximum Gasteiger partial charge on any atom is 0.160 e. The molecule has 0 bridgehead atoms. The van der Waals surface area contributed by atoms with Crippen molar-refractivity contribution in [3.63, 3.8) is 0 Å². The Bertz CT molecular complexity index is 612. The molecule has 0 aromatic carbocycles. The molecule has 1 aliphatic rings. The average molecular weight is 303 g/mol.